The number of aliphatic hydroxyl groups is 1. The van der Waals surface area contributed by atoms with Crippen LogP contribution in [0.25, 0.3) is 0 Å². The molecular formula is C11H21NO3. The Hall–Kier alpha value is -1.03. The smallest absolute Gasteiger partial charge is 0.404 e. The van der Waals surface area contributed by atoms with Crippen LogP contribution in [0.5, 0.6) is 0 Å². The van der Waals surface area contributed by atoms with Crippen LogP contribution in [0.15, 0.2) is 12.2 Å². The van der Waals surface area contributed by atoms with Crippen molar-refractivity contribution >= 4 is 6.09 Å². The molecule has 15 heavy (non-hydrogen) atoms. The van der Waals surface area contributed by atoms with Crippen LogP contribution in [-0.4, -0.2) is 23.9 Å². The van der Waals surface area contributed by atoms with Gasteiger partial charge in [-0.05, 0) is 18.3 Å². The second kappa shape index (κ2) is 6.45. The third-order valence-electron chi connectivity index (χ3n) is 1.76. The average molecular weight is 215 g/mol. The first-order valence-corrected chi connectivity index (χ1v) is 5.10. The van der Waals surface area contributed by atoms with E-state index in [1.54, 1.807) is 0 Å². The number of amides is 1. The fourth-order valence-corrected chi connectivity index (χ4v) is 1.07. The lowest BCUT2D eigenvalue weighted by atomic mass is 9.96. The number of hydrogen-bond donors (Lipinski definition) is 2. The molecule has 0 saturated carbocycles. The molecule has 0 spiro atoms. The highest BCUT2D eigenvalue weighted by molar-refractivity contribution is 5.64. The third kappa shape index (κ3) is 9.28. The SMILES string of the molecule is CC(C)(C)C=CCC[C@@H](CO)OC(N)=O. The van der Waals surface area contributed by atoms with Crippen LogP contribution in [0.1, 0.15) is 33.6 Å². The van der Waals surface area contributed by atoms with Crippen LogP contribution < -0.4 is 5.73 Å². The summed E-state index contributed by atoms with van der Waals surface area (Å²) in [4.78, 5) is 10.4. The van der Waals surface area contributed by atoms with Crippen molar-refractivity contribution in [3.63, 3.8) is 0 Å². The van der Waals surface area contributed by atoms with Crippen LogP contribution in [0.2, 0.25) is 0 Å². The molecule has 1 atom stereocenters. The Bertz CT molecular complexity index is 218. The molecule has 0 saturated heterocycles. The van der Waals surface area contributed by atoms with Gasteiger partial charge in [-0.1, -0.05) is 32.9 Å². The van der Waals surface area contributed by atoms with E-state index in [2.05, 4.69) is 31.6 Å². The summed E-state index contributed by atoms with van der Waals surface area (Å²) in [6, 6.07) is 0. The van der Waals surface area contributed by atoms with Crippen molar-refractivity contribution in [2.24, 2.45) is 11.1 Å². The first kappa shape index (κ1) is 14.0. The zero-order chi connectivity index (χ0) is 11.9. The Morgan fingerprint density at radius 3 is 2.53 bits per heavy atom. The molecule has 4 heteroatoms. The highest BCUT2D eigenvalue weighted by Gasteiger charge is 2.10. The zero-order valence-electron chi connectivity index (χ0n) is 9.69. The van der Waals surface area contributed by atoms with Gasteiger partial charge in [0.15, 0.2) is 0 Å². The van der Waals surface area contributed by atoms with Gasteiger partial charge in [-0.25, -0.2) is 4.79 Å². The van der Waals surface area contributed by atoms with E-state index in [0.29, 0.717) is 6.42 Å². The van der Waals surface area contributed by atoms with Gasteiger partial charge in [-0.15, -0.1) is 0 Å². The highest BCUT2D eigenvalue weighted by atomic mass is 16.6. The molecular weight excluding hydrogens is 194 g/mol. The van der Waals surface area contributed by atoms with Crippen LogP contribution in [0.4, 0.5) is 4.79 Å². The molecule has 4 nitrogen and oxygen atoms in total. The third-order valence-corrected chi connectivity index (χ3v) is 1.76. The number of ether oxygens (including phenoxy) is 1. The molecule has 88 valence electrons. The largest absolute Gasteiger partial charge is 0.444 e. The number of allylic oxidation sites excluding steroid dienone is 2. The second-order valence-corrected chi connectivity index (χ2v) is 4.59. The lowest BCUT2D eigenvalue weighted by Crippen LogP contribution is -2.25. The topological polar surface area (TPSA) is 72.6 Å². The predicted molar refractivity (Wildman–Crippen MR) is 59.4 cm³/mol. The van der Waals surface area contributed by atoms with Gasteiger partial charge >= 0.3 is 6.09 Å². The van der Waals surface area contributed by atoms with Gasteiger partial charge in [0.2, 0.25) is 0 Å². The minimum Gasteiger partial charge on any atom is -0.444 e. The van der Waals surface area contributed by atoms with Gasteiger partial charge in [-0.3, -0.25) is 0 Å². The van der Waals surface area contributed by atoms with E-state index < -0.39 is 12.2 Å². The van der Waals surface area contributed by atoms with Gasteiger partial charge in [0, 0.05) is 0 Å². The van der Waals surface area contributed by atoms with Crippen molar-refractivity contribution in [3.05, 3.63) is 12.2 Å². The molecule has 0 radical (unpaired) electrons. The van der Waals surface area contributed by atoms with E-state index in [1.165, 1.54) is 0 Å². The van der Waals surface area contributed by atoms with E-state index in [9.17, 15) is 4.79 Å². The maximum Gasteiger partial charge on any atom is 0.404 e. The van der Waals surface area contributed by atoms with Gasteiger partial charge in [0.25, 0.3) is 0 Å². The average Bonchev–Trinajstić information content (AvgIpc) is 2.08. The molecule has 0 aliphatic rings. The van der Waals surface area contributed by atoms with Crippen LogP contribution in [0, 0.1) is 5.41 Å². The molecule has 0 heterocycles. The monoisotopic (exact) mass is 215 g/mol. The summed E-state index contributed by atoms with van der Waals surface area (Å²) in [7, 11) is 0. The van der Waals surface area contributed by atoms with Crippen molar-refractivity contribution in [1.82, 2.24) is 0 Å². The highest BCUT2D eigenvalue weighted by Crippen LogP contribution is 2.15. The molecule has 3 N–H and O–H groups in total. The van der Waals surface area contributed by atoms with Gasteiger partial charge in [-0.2, -0.15) is 0 Å². The summed E-state index contributed by atoms with van der Waals surface area (Å²) in [5, 5.41) is 8.88. The molecule has 0 aliphatic heterocycles. The molecule has 0 fully saturated rings. The quantitative estimate of drug-likeness (QED) is 0.687. The maximum absolute atomic E-state index is 10.4. The summed E-state index contributed by atoms with van der Waals surface area (Å²) in [5.74, 6) is 0. The fourth-order valence-electron chi connectivity index (χ4n) is 1.07. The minimum absolute atomic E-state index is 0.152. The fraction of sp³-hybridized carbons (Fsp3) is 0.727. The molecule has 1 amide bonds. The van der Waals surface area contributed by atoms with E-state index in [-0.39, 0.29) is 12.0 Å². The number of primary amides is 1. The van der Waals surface area contributed by atoms with Crippen molar-refractivity contribution in [2.45, 2.75) is 39.7 Å². The molecule has 0 rings (SSSR count). The lowest BCUT2D eigenvalue weighted by Gasteiger charge is -2.13. The first-order valence-electron chi connectivity index (χ1n) is 5.10. The van der Waals surface area contributed by atoms with Crippen molar-refractivity contribution in [3.8, 4) is 0 Å². The van der Waals surface area contributed by atoms with Crippen molar-refractivity contribution < 1.29 is 14.6 Å². The Morgan fingerprint density at radius 1 is 1.53 bits per heavy atom. The molecule has 0 aromatic heterocycles. The summed E-state index contributed by atoms with van der Waals surface area (Å²) in [6.45, 7) is 6.12. The van der Waals surface area contributed by atoms with Gasteiger partial charge in [0.1, 0.15) is 6.10 Å². The number of carbonyl (C=O) groups excluding carboxylic acids is 1. The molecule has 0 aliphatic carbocycles. The summed E-state index contributed by atoms with van der Waals surface area (Å²) in [5.41, 5.74) is 5.00. The van der Waals surface area contributed by atoms with E-state index in [4.69, 9.17) is 10.8 Å². The van der Waals surface area contributed by atoms with Gasteiger partial charge in [0.05, 0.1) is 6.61 Å². The minimum atomic E-state index is -0.839. The Morgan fingerprint density at radius 2 is 2.13 bits per heavy atom. The Balaban J connectivity index is 3.82. The van der Waals surface area contributed by atoms with E-state index in [1.807, 2.05) is 6.08 Å². The molecule has 0 aromatic rings. The maximum atomic E-state index is 10.4. The number of carbonyl (C=O) groups is 1. The molecule has 0 aromatic carbocycles. The standard InChI is InChI=1S/C11H21NO3/c1-11(2,3)7-5-4-6-9(8-13)15-10(12)14/h5,7,9,13H,4,6,8H2,1-3H3,(H2,12,14)/t9-/m0/s1. The normalized spacial score (nSPS) is 14.1. The summed E-state index contributed by atoms with van der Waals surface area (Å²) in [6.07, 6.45) is 4.13. The predicted octanol–water partition coefficient (Wildman–Crippen LogP) is 1.83. The van der Waals surface area contributed by atoms with Gasteiger partial charge < -0.3 is 15.6 Å². The van der Waals surface area contributed by atoms with Crippen LogP contribution in [0.3, 0.4) is 0 Å². The van der Waals surface area contributed by atoms with E-state index >= 15 is 0 Å². The van der Waals surface area contributed by atoms with Crippen LogP contribution >= 0.6 is 0 Å². The summed E-state index contributed by atoms with van der Waals surface area (Å²) >= 11 is 0. The lowest BCUT2D eigenvalue weighted by molar-refractivity contribution is 0.0592. The number of nitrogens with two attached hydrogens (primary N) is 1. The molecule has 0 unspecified atom stereocenters. The van der Waals surface area contributed by atoms with Crippen molar-refractivity contribution in [2.75, 3.05) is 6.61 Å². The zero-order valence-corrected chi connectivity index (χ0v) is 9.69. The Labute approximate surface area is 91.1 Å². The first-order chi connectivity index (χ1) is 6.85. The number of rotatable bonds is 5. The van der Waals surface area contributed by atoms with Crippen molar-refractivity contribution in [1.29, 1.82) is 0 Å². The Kier molecular flexibility index (Phi) is 6.01. The number of aliphatic hydroxyl groups excluding tert-OH is 1. The second-order valence-electron chi connectivity index (χ2n) is 4.59. The molecule has 0 bridgehead atoms. The van der Waals surface area contributed by atoms with Crippen LogP contribution in [-0.2, 0) is 4.74 Å². The van der Waals surface area contributed by atoms with E-state index in [0.717, 1.165) is 6.42 Å². The summed E-state index contributed by atoms with van der Waals surface area (Å²) < 4.78 is 4.69. The number of hydrogen-bond acceptors (Lipinski definition) is 3.